The van der Waals surface area contributed by atoms with Crippen molar-refractivity contribution in [2.75, 3.05) is 7.11 Å². The summed E-state index contributed by atoms with van der Waals surface area (Å²) < 4.78 is 4.34. The quantitative estimate of drug-likeness (QED) is 0.234. The highest BCUT2D eigenvalue weighted by atomic mass is 79.9. The Morgan fingerprint density at radius 2 is 2.17 bits per heavy atom. The first kappa shape index (κ1) is 11.2. The van der Waals surface area contributed by atoms with Crippen LogP contribution in [-0.4, -0.2) is 23.7 Å². The lowest BCUT2D eigenvalue weighted by molar-refractivity contribution is -0.141. The van der Waals surface area contributed by atoms with Gasteiger partial charge in [0.15, 0.2) is 4.83 Å². The summed E-state index contributed by atoms with van der Waals surface area (Å²) in [6.07, 6.45) is 0.590. The molecule has 4 heteroatoms. The molecule has 0 bridgehead atoms. The first-order valence-electron chi connectivity index (χ1n) is 3.38. The van der Waals surface area contributed by atoms with Crippen molar-refractivity contribution >= 4 is 27.7 Å². The number of esters is 1. The molecule has 12 heavy (non-hydrogen) atoms. The maximum Gasteiger partial charge on any atom is 0.328 e. The van der Waals surface area contributed by atoms with E-state index in [2.05, 4.69) is 32.5 Å². The zero-order chi connectivity index (χ0) is 9.56. The third-order valence-corrected chi connectivity index (χ3v) is 1.82. The molecule has 0 aliphatic rings. The Kier molecular flexibility index (Phi) is 5.39. The number of hydrogen-bond acceptors (Lipinski definition) is 3. The molecule has 1 atom stereocenters. The third kappa shape index (κ3) is 3.54. The van der Waals surface area contributed by atoms with Crippen molar-refractivity contribution < 1.29 is 14.3 Å². The van der Waals surface area contributed by atoms with E-state index in [1.807, 2.05) is 6.92 Å². The van der Waals surface area contributed by atoms with Gasteiger partial charge in [0.1, 0.15) is 0 Å². The highest BCUT2D eigenvalue weighted by Gasteiger charge is 2.22. The van der Waals surface area contributed by atoms with Gasteiger partial charge in [0.2, 0.25) is 5.78 Å². The average molecular weight is 233 g/mol. The van der Waals surface area contributed by atoms with Gasteiger partial charge in [0.25, 0.3) is 0 Å². The minimum atomic E-state index is -0.957. The van der Waals surface area contributed by atoms with Crippen LogP contribution in [0.4, 0.5) is 0 Å². The van der Waals surface area contributed by atoms with E-state index in [0.29, 0.717) is 6.42 Å². The van der Waals surface area contributed by atoms with Gasteiger partial charge >= 0.3 is 5.97 Å². The topological polar surface area (TPSA) is 43.4 Å². The van der Waals surface area contributed by atoms with E-state index in [1.165, 1.54) is 7.11 Å². The van der Waals surface area contributed by atoms with Crippen LogP contribution in [0, 0.1) is 11.8 Å². The van der Waals surface area contributed by atoms with E-state index in [0.717, 1.165) is 0 Å². The number of methoxy groups -OCH3 is 1. The molecule has 0 aromatic carbocycles. The summed E-state index contributed by atoms with van der Waals surface area (Å²) in [5.41, 5.74) is 0. The Bertz CT molecular complexity index is 236. The summed E-state index contributed by atoms with van der Waals surface area (Å²) in [6, 6.07) is 0. The minimum Gasteiger partial charge on any atom is -0.468 e. The SMILES string of the molecule is CCC#CC(=O)C(Br)C(=O)OC. The molecule has 0 aromatic rings. The molecular formula is C8H9BrO3. The van der Waals surface area contributed by atoms with Crippen LogP contribution in [-0.2, 0) is 14.3 Å². The van der Waals surface area contributed by atoms with Crippen LogP contribution < -0.4 is 0 Å². The van der Waals surface area contributed by atoms with E-state index in [4.69, 9.17) is 0 Å². The van der Waals surface area contributed by atoms with Gasteiger partial charge in [0.05, 0.1) is 7.11 Å². The first-order valence-corrected chi connectivity index (χ1v) is 4.29. The lowest BCUT2D eigenvalue weighted by Gasteiger charge is -2.00. The molecule has 0 aromatic heterocycles. The monoisotopic (exact) mass is 232 g/mol. The Morgan fingerprint density at radius 3 is 2.58 bits per heavy atom. The lowest BCUT2D eigenvalue weighted by Crippen LogP contribution is -2.23. The molecule has 0 heterocycles. The second-order valence-electron chi connectivity index (χ2n) is 1.91. The van der Waals surface area contributed by atoms with Crippen LogP contribution in [0.15, 0.2) is 0 Å². The van der Waals surface area contributed by atoms with Gasteiger partial charge in [-0.3, -0.25) is 9.59 Å². The fraction of sp³-hybridized carbons (Fsp3) is 0.500. The van der Waals surface area contributed by atoms with E-state index >= 15 is 0 Å². The molecule has 0 radical (unpaired) electrons. The van der Waals surface area contributed by atoms with Gasteiger partial charge < -0.3 is 4.74 Å². The van der Waals surface area contributed by atoms with E-state index in [9.17, 15) is 9.59 Å². The molecule has 1 unspecified atom stereocenters. The van der Waals surface area contributed by atoms with Crippen LogP contribution in [0.25, 0.3) is 0 Å². The standard InChI is InChI=1S/C8H9BrO3/c1-3-4-5-6(10)7(9)8(11)12-2/h7H,3H2,1-2H3. The summed E-state index contributed by atoms with van der Waals surface area (Å²) in [6.45, 7) is 1.82. The van der Waals surface area contributed by atoms with Crippen molar-refractivity contribution in [1.29, 1.82) is 0 Å². The molecule has 0 amide bonds. The summed E-state index contributed by atoms with van der Waals surface area (Å²) in [7, 11) is 1.22. The second kappa shape index (κ2) is 5.78. The van der Waals surface area contributed by atoms with Crippen molar-refractivity contribution in [3.05, 3.63) is 0 Å². The van der Waals surface area contributed by atoms with Gasteiger partial charge in [-0.1, -0.05) is 28.8 Å². The molecule has 0 rings (SSSR count). The number of carbonyl (C=O) groups excluding carboxylic acids is 2. The number of Topliss-reactive ketones (excluding diaryl/α,β-unsaturated/α-hetero) is 1. The first-order chi connectivity index (χ1) is 5.63. The maximum absolute atomic E-state index is 11.0. The summed E-state index contributed by atoms with van der Waals surface area (Å²) in [5.74, 6) is 3.79. The highest BCUT2D eigenvalue weighted by Crippen LogP contribution is 2.02. The van der Waals surface area contributed by atoms with Crippen molar-refractivity contribution in [3.63, 3.8) is 0 Å². The number of ketones is 1. The molecule has 0 aliphatic heterocycles. The van der Waals surface area contributed by atoms with Crippen molar-refractivity contribution in [3.8, 4) is 11.8 Å². The van der Waals surface area contributed by atoms with Gasteiger partial charge in [-0.25, -0.2) is 0 Å². The van der Waals surface area contributed by atoms with E-state index < -0.39 is 16.6 Å². The van der Waals surface area contributed by atoms with Crippen LogP contribution in [0.1, 0.15) is 13.3 Å². The highest BCUT2D eigenvalue weighted by molar-refractivity contribution is 9.10. The Labute approximate surface area is 79.6 Å². The van der Waals surface area contributed by atoms with Crippen LogP contribution >= 0.6 is 15.9 Å². The van der Waals surface area contributed by atoms with Crippen LogP contribution in [0.5, 0.6) is 0 Å². The predicted octanol–water partition coefficient (Wildman–Crippen LogP) is 0.905. The van der Waals surface area contributed by atoms with Crippen molar-refractivity contribution in [2.24, 2.45) is 0 Å². The van der Waals surface area contributed by atoms with Gasteiger partial charge in [-0.15, -0.1) is 0 Å². The minimum absolute atomic E-state index is 0.469. The largest absolute Gasteiger partial charge is 0.468 e. The number of hydrogen-bond donors (Lipinski definition) is 0. The fourth-order valence-corrected chi connectivity index (χ4v) is 0.751. The molecule has 0 saturated heterocycles. The zero-order valence-corrected chi connectivity index (χ0v) is 8.47. The Morgan fingerprint density at radius 1 is 1.58 bits per heavy atom. The van der Waals surface area contributed by atoms with Gasteiger partial charge in [-0.2, -0.15) is 0 Å². The molecule has 0 aliphatic carbocycles. The number of ether oxygens (including phenoxy) is 1. The molecular weight excluding hydrogens is 224 g/mol. The number of carbonyl (C=O) groups is 2. The normalized spacial score (nSPS) is 10.9. The Hall–Kier alpha value is -0.820. The van der Waals surface area contributed by atoms with E-state index in [-0.39, 0.29) is 0 Å². The van der Waals surface area contributed by atoms with Crippen LogP contribution in [0.3, 0.4) is 0 Å². The van der Waals surface area contributed by atoms with Crippen molar-refractivity contribution in [2.45, 2.75) is 18.2 Å². The molecule has 0 saturated carbocycles. The number of rotatable bonds is 2. The molecule has 0 spiro atoms. The fourth-order valence-electron chi connectivity index (χ4n) is 0.449. The second-order valence-corrected chi connectivity index (χ2v) is 2.82. The zero-order valence-electron chi connectivity index (χ0n) is 6.89. The smallest absolute Gasteiger partial charge is 0.328 e. The molecule has 3 nitrogen and oxygen atoms in total. The van der Waals surface area contributed by atoms with Gasteiger partial charge in [0, 0.05) is 6.42 Å². The van der Waals surface area contributed by atoms with Gasteiger partial charge in [-0.05, 0) is 5.92 Å². The van der Waals surface area contributed by atoms with Crippen LogP contribution in [0.2, 0.25) is 0 Å². The molecule has 66 valence electrons. The van der Waals surface area contributed by atoms with E-state index in [1.54, 1.807) is 0 Å². The molecule has 0 fully saturated rings. The average Bonchev–Trinajstić information content (AvgIpc) is 2.11. The lowest BCUT2D eigenvalue weighted by atomic mass is 10.3. The number of alkyl halides is 1. The van der Waals surface area contributed by atoms with Crippen molar-refractivity contribution in [1.82, 2.24) is 0 Å². The maximum atomic E-state index is 11.0. The predicted molar refractivity (Wildman–Crippen MR) is 47.8 cm³/mol. The summed E-state index contributed by atoms with van der Waals surface area (Å²) in [4.78, 5) is 20.8. The third-order valence-electron chi connectivity index (χ3n) is 1.03. The molecule has 0 N–H and O–H groups in total. The summed E-state index contributed by atoms with van der Waals surface area (Å²) in [5, 5.41) is 0. The Balaban J connectivity index is 4.20. The summed E-state index contributed by atoms with van der Waals surface area (Å²) >= 11 is 2.87. The number of halogens is 1.